The van der Waals surface area contributed by atoms with E-state index in [1.165, 1.54) is 5.56 Å². The van der Waals surface area contributed by atoms with Crippen LogP contribution in [0.1, 0.15) is 11.1 Å². The Kier molecular flexibility index (Phi) is 3.86. The monoisotopic (exact) mass is 326 g/mol. The molecule has 124 valence electrons. The van der Waals surface area contributed by atoms with E-state index in [-0.39, 0.29) is 18.9 Å². The van der Waals surface area contributed by atoms with E-state index in [0.29, 0.717) is 18.8 Å². The molecule has 0 aromatic heterocycles. The van der Waals surface area contributed by atoms with Gasteiger partial charge in [-0.25, -0.2) is 4.79 Å². The predicted octanol–water partition coefficient (Wildman–Crippen LogP) is 2.22. The molecule has 2 aromatic rings. The van der Waals surface area contributed by atoms with E-state index >= 15 is 0 Å². The van der Waals surface area contributed by atoms with Crippen molar-refractivity contribution in [1.29, 1.82) is 0 Å². The first kappa shape index (κ1) is 14.7. The number of carbonyl (C=O) groups excluding carboxylic acids is 1. The van der Waals surface area contributed by atoms with Gasteiger partial charge in [0.25, 0.3) is 0 Å². The maximum atomic E-state index is 11.9. The Morgan fingerprint density at radius 3 is 2.83 bits per heavy atom. The van der Waals surface area contributed by atoms with Gasteiger partial charge in [0, 0.05) is 13.0 Å². The van der Waals surface area contributed by atoms with Crippen molar-refractivity contribution in [3.05, 3.63) is 53.6 Å². The number of rotatable bonds is 4. The highest BCUT2D eigenvalue weighted by Crippen LogP contribution is 2.32. The first-order valence-electron chi connectivity index (χ1n) is 7.93. The van der Waals surface area contributed by atoms with Crippen molar-refractivity contribution in [2.45, 2.75) is 19.1 Å². The van der Waals surface area contributed by atoms with Gasteiger partial charge in [0.15, 0.2) is 11.5 Å². The molecular weight excluding hydrogens is 308 g/mol. The molecule has 4 rings (SSSR count). The van der Waals surface area contributed by atoms with Crippen LogP contribution in [0.4, 0.5) is 4.79 Å². The predicted molar refractivity (Wildman–Crippen MR) is 87.4 cm³/mol. The molecule has 2 aliphatic rings. The number of amides is 2. The lowest BCUT2D eigenvalue weighted by Gasteiger charge is -2.13. The Morgan fingerprint density at radius 2 is 1.92 bits per heavy atom. The average molecular weight is 326 g/mol. The molecule has 2 aliphatic heterocycles. The SMILES string of the molecule is O=C(NCc1ccc2c(c1)OCO2)NC[C@@H]1Cc2ccccc2O1. The molecule has 6 nitrogen and oxygen atoms in total. The normalized spacial score (nSPS) is 17.1. The number of para-hydroxylation sites is 1. The Hall–Kier alpha value is -2.89. The number of nitrogens with one attached hydrogen (secondary N) is 2. The Bertz CT molecular complexity index is 737. The highest BCUT2D eigenvalue weighted by Gasteiger charge is 2.22. The summed E-state index contributed by atoms with van der Waals surface area (Å²) in [5.41, 5.74) is 2.14. The number of urea groups is 1. The molecule has 24 heavy (non-hydrogen) atoms. The third-order valence-electron chi connectivity index (χ3n) is 4.09. The third-order valence-corrected chi connectivity index (χ3v) is 4.09. The van der Waals surface area contributed by atoms with E-state index in [9.17, 15) is 4.79 Å². The Labute approximate surface area is 139 Å². The lowest BCUT2D eigenvalue weighted by atomic mass is 10.1. The van der Waals surface area contributed by atoms with Crippen molar-refractivity contribution in [1.82, 2.24) is 10.6 Å². The molecule has 0 radical (unpaired) electrons. The van der Waals surface area contributed by atoms with Crippen molar-refractivity contribution >= 4 is 6.03 Å². The van der Waals surface area contributed by atoms with Crippen LogP contribution in [-0.2, 0) is 13.0 Å². The minimum Gasteiger partial charge on any atom is -0.488 e. The molecular formula is C18H18N2O4. The van der Waals surface area contributed by atoms with E-state index in [1.807, 2.05) is 36.4 Å². The highest BCUT2D eigenvalue weighted by atomic mass is 16.7. The zero-order chi connectivity index (χ0) is 16.4. The summed E-state index contributed by atoms with van der Waals surface area (Å²) in [6.07, 6.45) is 0.803. The van der Waals surface area contributed by atoms with E-state index < -0.39 is 0 Å². The summed E-state index contributed by atoms with van der Waals surface area (Å²) in [6, 6.07) is 13.4. The zero-order valence-electron chi connectivity index (χ0n) is 13.1. The van der Waals surface area contributed by atoms with E-state index in [2.05, 4.69) is 16.7 Å². The summed E-state index contributed by atoms with van der Waals surface area (Å²) in [5.74, 6) is 2.36. The molecule has 0 unspecified atom stereocenters. The second kappa shape index (κ2) is 6.31. The van der Waals surface area contributed by atoms with Gasteiger partial charge in [0.1, 0.15) is 11.9 Å². The van der Waals surface area contributed by atoms with E-state index in [1.54, 1.807) is 0 Å². The summed E-state index contributed by atoms with van der Waals surface area (Å²) in [7, 11) is 0. The van der Waals surface area contributed by atoms with Crippen LogP contribution in [-0.4, -0.2) is 25.5 Å². The largest absolute Gasteiger partial charge is 0.488 e. The lowest BCUT2D eigenvalue weighted by molar-refractivity contribution is 0.174. The second-order valence-electron chi connectivity index (χ2n) is 5.80. The number of benzene rings is 2. The molecule has 1 atom stereocenters. The minimum absolute atomic E-state index is 0.0151. The van der Waals surface area contributed by atoms with Crippen LogP contribution in [0.25, 0.3) is 0 Å². The average Bonchev–Trinajstić information content (AvgIpc) is 3.23. The van der Waals surface area contributed by atoms with Crippen molar-refractivity contribution in [3.63, 3.8) is 0 Å². The molecule has 0 saturated heterocycles. The van der Waals surface area contributed by atoms with Gasteiger partial charge < -0.3 is 24.8 Å². The van der Waals surface area contributed by atoms with Crippen molar-refractivity contribution in [2.24, 2.45) is 0 Å². The van der Waals surface area contributed by atoms with Gasteiger partial charge in [-0.15, -0.1) is 0 Å². The maximum Gasteiger partial charge on any atom is 0.315 e. The van der Waals surface area contributed by atoms with Gasteiger partial charge in [0.2, 0.25) is 6.79 Å². The number of ether oxygens (including phenoxy) is 3. The second-order valence-corrected chi connectivity index (χ2v) is 5.80. The number of hydrogen-bond acceptors (Lipinski definition) is 4. The number of carbonyl (C=O) groups is 1. The van der Waals surface area contributed by atoms with Crippen molar-refractivity contribution in [2.75, 3.05) is 13.3 Å². The van der Waals surface area contributed by atoms with Gasteiger partial charge in [-0.3, -0.25) is 0 Å². The fourth-order valence-corrected chi connectivity index (χ4v) is 2.87. The molecule has 2 heterocycles. The topological polar surface area (TPSA) is 68.8 Å². The molecule has 6 heteroatoms. The molecule has 2 N–H and O–H groups in total. The standard InChI is InChI=1S/C18H18N2O4/c21-18(19-9-12-5-6-16-17(7-12)23-11-22-16)20-10-14-8-13-3-1-2-4-15(13)24-14/h1-7,14H,8-11H2,(H2,19,20,21)/t14-/m0/s1. The molecule has 0 saturated carbocycles. The van der Waals surface area contributed by atoms with Crippen LogP contribution >= 0.6 is 0 Å². The quantitative estimate of drug-likeness (QED) is 0.904. The first-order valence-corrected chi connectivity index (χ1v) is 7.93. The van der Waals surface area contributed by atoms with Crippen LogP contribution in [0.5, 0.6) is 17.2 Å². The van der Waals surface area contributed by atoms with Crippen LogP contribution in [0.15, 0.2) is 42.5 Å². The highest BCUT2D eigenvalue weighted by molar-refractivity contribution is 5.73. The van der Waals surface area contributed by atoms with E-state index in [4.69, 9.17) is 14.2 Å². The maximum absolute atomic E-state index is 11.9. The van der Waals surface area contributed by atoms with Crippen molar-refractivity contribution < 1.29 is 19.0 Å². The van der Waals surface area contributed by atoms with Crippen molar-refractivity contribution in [3.8, 4) is 17.2 Å². The first-order chi connectivity index (χ1) is 11.8. The van der Waals surface area contributed by atoms with Gasteiger partial charge in [-0.1, -0.05) is 24.3 Å². The summed E-state index contributed by atoms with van der Waals surface area (Å²) in [4.78, 5) is 11.9. The Morgan fingerprint density at radius 1 is 1.04 bits per heavy atom. The van der Waals surface area contributed by atoms with Crippen LogP contribution in [0, 0.1) is 0 Å². The molecule has 0 fully saturated rings. The molecule has 2 amide bonds. The van der Waals surface area contributed by atoms with Crippen LogP contribution in [0.2, 0.25) is 0 Å². The summed E-state index contributed by atoms with van der Waals surface area (Å²) < 4.78 is 16.4. The van der Waals surface area contributed by atoms with Gasteiger partial charge >= 0.3 is 6.03 Å². The zero-order valence-corrected chi connectivity index (χ0v) is 13.1. The molecule has 2 aromatic carbocycles. The minimum atomic E-state index is -0.216. The van der Waals surface area contributed by atoms with Gasteiger partial charge in [-0.2, -0.15) is 0 Å². The smallest absolute Gasteiger partial charge is 0.315 e. The van der Waals surface area contributed by atoms with E-state index in [0.717, 1.165) is 23.5 Å². The lowest BCUT2D eigenvalue weighted by Crippen LogP contribution is -2.40. The summed E-state index contributed by atoms with van der Waals surface area (Å²) in [6.45, 7) is 1.15. The Balaban J connectivity index is 1.23. The number of hydrogen-bond donors (Lipinski definition) is 2. The summed E-state index contributed by atoms with van der Waals surface area (Å²) in [5, 5.41) is 5.68. The van der Waals surface area contributed by atoms with Gasteiger partial charge in [0.05, 0.1) is 6.54 Å². The molecule has 0 bridgehead atoms. The van der Waals surface area contributed by atoms with Gasteiger partial charge in [-0.05, 0) is 29.3 Å². The fourth-order valence-electron chi connectivity index (χ4n) is 2.87. The molecule has 0 aliphatic carbocycles. The van der Waals surface area contributed by atoms with Crippen LogP contribution < -0.4 is 24.8 Å². The fraction of sp³-hybridized carbons (Fsp3) is 0.278. The summed E-state index contributed by atoms with van der Waals surface area (Å²) >= 11 is 0. The van der Waals surface area contributed by atoms with Crippen LogP contribution in [0.3, 0.4) is 0 Å². The molecule has 0 spiro atoms. The number of fused-ring (bicyclic) bond motifs is 2. The third kappa shape index (κ3) is 3.08.